The lowest BCUT2D eigenvalue weighted by molar-refractivity contribution is -0.148. The molecule has 0 aliphatic carbocycles. The predicted molar refractivity (Wildman–Crippen MR) is 92.0 cm³/mol. The predicted octanol–water partition coefficient (Wildman–Crippen LogP) is 2.77. The molecule has 1 aromatic carbocycles. The number of amides is 2. The van der Waals surface area contributed by atoms with Crippen LogP contribution in [0.1, 0.15) is 45.1 Å². The van der Waals surface area contributed by atoms with E-state index >= 15 is 0 Å². The molecule has 0 atom stereocenters. The van der Waals surface area contributed by atoms with E-state index in [4.69, 9.17) is 0 Å². The highest BCUT2D eigenvalue weighted by Crippen LogP contribution is 2.22. The Morgan fingerprint density at radius 2 is 1.65 bits per heavy atom. The molecule has 1 fully saturated rings. The first-order chi connectivity index (χ1) is 11.0. The summed E-state index contributed by atoms with van der Waals surface area (Å²) in [5, 5.41) is 2.92. The number of nitrogens with zero attached hydrogens (tertiary/aromatic N) is 1. The van der Waals surface area contributed by atoms with Crippen molar-refractivity contribution in [2.75, 3.05) is 19.6 Å². The Balaban J connectivity index is 1.87. The van der Waals surface area contributed by atoms with Gasteiger partial charge in [-0.3, -0.25) is 9.59 Å². The highest BCUT2D eigenvalue weighted by molar-refractivity contribution is 6.04. The van der Waals surface area contributed by atoms with Crippen LogP contribution in [0, 0.1) is 5.41 Å². The number of benzene rings is 1. The number of hydrogen-bond donors (Lipinski definition) is 1. The van der Waals surface area contributed by atoms with Crippen LogP contribution >= 0.6 is 0 Å². The van der Waals surface area contributed by atoms with E-state index in [2.05, 4.69) is 5.32 Å². The Kier molecular flexibility index (Phi) is 6.20. The summed E-state index contributed by atoms with van der Waals surface area (Å²) in [6.07, 6.45) is 5.20. The molecule has 2 rings (SSSR count). The summed E-state index contributed by atoms with van der Waals surface area (Å²) < 4.78 is 0. The second-order valence-electron chi connectivity index (χ2n) is 6.82. The van der Waals surface area contributed by atoms with E-state index in [1.54, 1.807) is 13.8 Å². The largest absolute Gasteiger partial charge is 0.355 e. The van der Waals surface area contributed by atoms with Gasteiger partial charge in [0.05, 0.1) is 0 Å². The Hall–Kier alpha value is -1.84. The van der Waals surface area contributed by atoms with Crippen molar-refractivity contribution in [1.82, 2.24) is 10.2 Å². The molecule has 0 saturated carbocycles. The van der Waals surface area contributed by atoms with Crippen LogP contribution < -0.4 is 5.32 Å². The van der Waals surface area contributed by atoms with Crippen molar-refractivity contribution in [3.63, 3.8) is 0 Å². The molecule has 0 unspecified atom stereocenters. The molecule has 1 aromatic rings. The van der Waals surface area contributed by atoms with Gasteiger partial charge in [-0.25, -0.2) is 0 Å². The summed E-state index contributed by atoms with van der Waals surface area (Å²) >= 11 is 0. The van der Waals surface area contributed by atoms with Crippen molar-refractivity contribution >= 4 is 11.8 Å². The average molecular weight is 316 g/mol. The molecular weight excluding hydrogens is 288 g/mol. The highest BCUT2D eigenvalue weighted by Gasteiger charge is 2.38. The third-order valence-electron chi connectivity index (χ3n) is 4.54. The van der Waals surface area contributed by atoms with Crippen LogP contribution in [0.25, 0.3) is 0 Å². The van der Waals surface area contributed by atoms with Gasteiger partial charge in [0.25, 0.3) is 0 Å². The molecule has 1 saturated heterocycles. The molecule has 1 N–H and O–H groups in total. The van der Waals surface area contributed by atoms with Crippen molar-refractivity contribution in [3.8, 4) is 0 Å². The number of hydrogen-bond acceptors (Lipinski definition) is 2. The number of nitrogens with one attached hydrogen (secondary N) is 1. The summed E-state index contributed by atoms with van der Waals surface area (Å²) in [4.78, 5) is 27.0. The Morgan fingerprint density at radius 1 is 1.04 bits per heavy atom. The quantitative estimate of drug-likeness (QED) is 0.849. The topological polar surface area (TPSA) is 49.4 Å². The molecule has 0 spiro atoms. The van der Waals surface area contributed by atoms with Crippen LogP contribution in [0.15, 0.2) is 30.3 Å². The molecule has 1 heterocycles. The smallest absolute Gasteiger partial charge is 0.237 e. The first-order valence-corrected chi connectivity index (χ1v) is 8.63. The molecule has 23 heavy (non-hydrogen) atoms. The minimum Gasteiger partial charge on any atom is -0.355 e. The fraction of sp³-hybridized carbons (Fsp3) is 0.579. The lowest BCUT2D eigenvalue weighted by Crippen LogP contribution is -2.50. The SMILES string of the molecule is CC(C)(C(=O)NCCc1ccccc1)C(=O)N1CCCCCC1. The van der Waals surface area contributed by atoms with Gasteiger partial charge in [-0.2, -0.15) is 0 Å². The zero-order valence-corrected chi connectivity index (χ0v) is 14.3. The summed E-state index contributed by atoms with van der Waals surface area (Å²) in [7, 11) is 0. The summed E-state index contributed by atoms with van der Waals surface area (Å²) in [5.74, 6) is -0.223. The summed E-state index contributed by atoms with van der Waals surface area (Å²) in [5.41, 5.74) is 0.186. The third kappa shape index (κ3) is 4.81. The maximum atomic E-state index is 12.7. The molecule has 4 nitrogen and oxygen atoms in total. The van der Waals surface area contributed by atoms with Gasteiger partial charge in [0.15, 0.2) is 0 Å². The van der Waals surface area contributed by atoms with E-state index in [-0.39, 0.29) is 11.8 Å². The van der Waals surface area contributed by atoms with Crippen molar-refractivity contribution in [1.29, 1.82) is 0 Å². The monoisotopic (exact) mass is 316 g/mol. The molecule has 126 valence electrons. The molecule has 4 heteroatoms. The number of rotatable bonds is 5. The number of carbonyl (C=O) groups excluding carboxylic acids is 2. The highest BCUT2D eigenvalue weighted by atomic mass is 16.2. The van der Waals surface area contributed by atoms with E-state index in [0.29, 0.717) is 6.54 Å². The fourth-order valence-corrected chi connectivity index (χ4v) is 2.95. The maximum absolute atomic E-state index is 12.7. The van der Waals surface area contributed by atoms with Crippen LogP contribution in [0.2, 0.25) is 0 Å². The Morgan fingerprint density at radius 3 is 2.26 bits per heavy atom. The van der Waals surface area contributed by atoms with Gasteiger partial charge >= 0.3 is 0 Å². The molecular formula is C19H28N2O2. The zero-order chi connectivity index (χ0) is 16.7. The van der Waals surface area contributed by atoms with E-state index in [1.807, 2.05) is 35.2 Å². The second-order valence-corrected chi connectivity index (χ2v) is 6.82. The van der Waals surface area contributed by atoms with E-state index < -0.39 is 5.41 Å². The van der Waals surface area contributed by atoms with Gasteiger partial charge in [0, 0.05) is 19.6 Å². The van der Waals surface area contributed by atoms with Crippen molar-refractivity contribution < 1.29 is 9.59 Å². The van der Waals surface area contributed by atoms with Gasteiger partial charge in [-0.05, 0) is 38.7 Å². The van der Waals surface area contributed by atoms with Crippen LogP contribution in [0.5, 0.6) is 0 Å². The van der Waals surface area contributed by atoms with Gasteiger partial charge in [-0.1, -0.05) is 43.2 Å². The average Bonchev–Trinajstić information content (AvgIpc) is 2.84. The normalized spacial score (nSPS) is 15.8. The van der Waals surface area contributed by atoms with E-state index in [0.717, 1.165) is 32.4 Å². The van der Waals surface area contributed by atoms with Crippen molar-refractivity contribution in [3.05, 3.63) is 35.9 Å². The summed E-state index contributed by atoms with van der Waals surface area (Å²) in [6.45, 7) is 5.58. The van der Waals surface area contributed by atoms with Crippen LogP contribution in [-0.4, -0.2) is 36.3 Å². The molecule has 0 bridgehead atoms. The molecule has 1 aliphatic rings. The number of likely N-dealkylation sites (tertiary alicyclic amines) is 1. The lowest BCUT2D eigenvalue weighted by atomic mass is 9.90. The van der Waals surface area contributed by atoms with Crippen LogP contribution in [0.3, 0.4) is 0 Å². The van der Waals surface area contributed by atoms with Gasteiger partial charge in [0.1, 0.15) is 5.41 Å². The second kappa shape index (κ2) is 8.14. The minimum absolute atomic E-state index is 0.0448. The lowest BCUT2D eigenvalue weighted by Gasteiger charge is -2.30. The van der Waals surface area contributed by atoms with E-state index in [9.17, 15) is 9.59 Å². The zero-order valence-electron chi connectivity index (χ0n) is 14.3. The van der Waals surface area contributed by atoms with E-state index in [1.165, 1.54) is 18.4 Å². The molecule has 0 radical (unpaired) electrons. The Labute approximate surface area is 139 Å². The van der Waals surface area contributed by atoms with Crippen LogP contribution in [0.4, 0.5) is 0 Å². The standard InChI is InChI=1S/C19H28N2O2/c1-19(2,18(23)21-14-8-3-4-9-15-21)17(22)20-13-12-16-10-6-5-7-11-16/h5-7,10-11H,3-4,8-9,12-15H2,1-2H3,(H,20,22). The minimum atomic E-state index is -0.999. The molecule has 0 aromatic heterocycles. The fourth-order valence-electron chi connectivity index (χ4n) is 2.95. The van der Waals surface area contributed by atoms with Crippen LogP contribution in [-0.2, 0) is 16.0 Å². The van der Waals surface area contributed by atoms with Gasteiger partial charge < -0.3 is 10.2 Å². The first kappa shape index (κ1) is 17.5. The van der Waals surface area contributed by atoms with Gasteiger partial charge in [0.2, 0.25) is 11.8 Å². The van der Waals surface area contributed by atoms with Crippen molar-refractivity contribution in [2.45, 2.75) is 46.0 Å². The third-order valence-corrected chi connectivity index (χ3v) is 4.54. The summed E-state index contributed by atoms with van der Waals surface area (Å²) in [6, 6.07) is 10.0. The maximum Gasteiger partial charge on any atom is 0.237 e. The van der Waals surface area contributed by atoms with Gasteiger partial charge in [-0.15, -0.1) is 0 Å². The first-order valence-electron chi connectivity index (χ1n) is 8.63. The number of carbonyl (C=O) groups is 2. The van der Waals surface area contributed by atoms with Crippen molar-refractivity contribution in [2.24, 2.45) is 5.41 Å². The molecule has 2 amide bonds. The molecule has 1 aliphatic heterocycles. The Bertz CT molecular complexity index is 517.